The molecule has 0 fully saturated rings. The number of benzene rings is 1. The minimum absolute atomic E-state index is 0.154. The molecule has 0 aliphatic rings. The molecule has 1 aromatic heterocycles. The lowest BCUT2D eigenvalue weighted by molar-refractivity contribution is -0.144. The Bertz CT molecular complexity index is 557. The molecule has 0 saturated carbocycles. The number of ether oxygens (including phenoxy) is 1. The number of hydrogen-bond donors (Lipinski definition) is 1. The lowest BCUT2D eigenvalue weighted by Crippen LogP contribution is -2.21. The Morgan fingerprint density at radius 1 is 1.25 bits per heavy atom. The van der Waals surface area contributed by atoms with Gasteiger partial charge in [0.25, 0.3) is 5.91 Å². The van der Waals surface area contributed by atoms with Gasteiger partial charge in [0, 0.05) is 11.0 Å². The van der Waals surface area contributed by atoms with E-state index < -0.39 is 11.9 Å². The van der Waals surface area contributed by atoms with Crippen molar-refractivity contribution < 1.29 is 18.8 Å². The monoisotopic (exact) mass is 292 g/mol. The number of amides is 1. The summed E-state index contributed by atoms with van der Waals surface area (Å²) in [4.78, 5) is 23.8. The molecular formula is C13H12N2O4S. The fourth-order valence-corrected chi connectivity index (χ4v) is 2.02. The summed E-state index contributed by atoms with van der Waals surface area (Å²) in [7, 11) is 0. The molecule has 104 valence electrons. The van der Waals surface area contributed by atoms with Crippen LogP contribution in [-0.4, -0.2) is 29.4 Å². The fourth-order valence-electron chi connectivity index (χ4n) is 1.30. The SMILES string of the molecule is O=C(COC(=O)CSc1ccccc1)Nc1ccon1. The van der Waals surface area contributed by atoms with Gasteiger partial charge in [-0.2, -0.15) is 0 Å². The van der Waals surface area contributed by atoms with Crippen LogP contribution in [0.25, 0.3) is 0 Å². The van der Waals surface area contributed by atoms with Crippen LogP contribution in [-0.2, 0) is 14.3 Å². The molecule has 0 aliphatic carbocycles. The molecule has 1 N–H and O–H groups in total. The Balaban J connectivity index is 1.66. The van der Waals surface area contributed by atoms with E-state index in [0.717, 1.165) is 4.90 Å². The van der Waals surface area contributed by atoms with E-state index in [4.69, 9.17) is 4.74 Å². The van der Waals surface area contributed by atoms with Gasteiger partial charge in [-0.25, -0.2) is 0 Å². The normalized spacial score (nSPS) is 10.0. The van der Waals surface area contributed by atoms with Gasteiger partial charge in [0.1, 0.15) is 6.26 Å². The molecule has 0 spiro atoms. The maximum absolute atomic E-state index is 11.5. The van der Waals surface area contributed by atoms with Crippen molar-refractivity contribution in [2.75, 3.05) is 17.7 Å². The highest BCUT2D eigenvalue weighted by Gasteiger charge is 2.09. The minimum Gasteiger partial charge on any atom is -0.455 e. The number of nitrogens with one attached hydrogen (secondary N) is 1. The minimum atomic E-state index is -0.461. The van der Waals surface area contributed by atoms with E-state index in [9.17, 15) is 9.59 Å². The van der Waals surface area contributed by atoms with E-state index >= 15 is 0 Å². The van der Waals surface area contributed by atoms with E-state index in [1.807, 2.05) is 30.3 Å². The molecule has 0 radical (unpaired) electrons. The molecule has 1 aromatic carbocycles. The summed E-state index contributed by atoms with van der Waals surface area (Å²) in [5.41, 5.74) is 0. The third-order valence-electron chi connectivity index (χ3n) is 2.17. The zero-order valence-corrected chi connectivity index (χ0v) is 11.3. The van der Waals surface area contributed by atoms with E-state index in [-0.39, 0.29) is 18.2 Å². The highest BCUT2D eigenvalue weighted by atomic mass is 32.2. The van der Waals surface area contributed by atoms with Crippen LogP contribution in [0.4, 0.5) is 5.82 Å². The van der Waals surface area contributed by atoms with E-state index in [1.165, 1.54) is 24.1 Å². The highest BCUT2D eigenvalue weighted by Crippen LogP contribution is 2.16. The molecule has 20 heavy (non-hydrogen) atoms. The van der Waals surface area contributed by atoms with E-state index in [1.54, 1.807) is 0 Å². The van der Waals surface area contributed by atoms with Gasteiger partial charge in [0.05, 0.1) is 5.75 Å². The average Bonchev–Trinajstić information content (AvgIpc) is 2.97. The number of aromatic nitrogens is 1. The first-order valence-corrected chi connectivity index (χ1v) is 6.76. The number of carbonyl (C=O) groups excluding carboxylic acids is 2. The van der Waals surface area contributed by atoms with Gasteiger partial charge < -0.3 is 14.6 Å². The standard InChI is InChI=1S/C13H12N2O4S/c16-12(14-11-6-7-19-15-11)8-18-13(17)9-20-10-4-2-1-3-5-10/h1-7H,8-9H2,(H,14,15,16). The summed E-state index contributed by atoms with van der Waals surface area (Å²) < 4.78 is 9.40. The Morgan fingerprint density at radius 2 is 2.05 bits per heavy atom. The third-order valence-corrected chi connectivity index (χ3v) is 3.15. The van der Waals surface area contributed by atoms with Crippen molar-refractivity contribution in [3.8, 4) is 0 Å². The Kier molecular flexibility index (Phi) is 5.19. The van der Waals surface area contributed by atoms with Crippen LogP contribution in [0.5, 0.6) is 0 Å². The zero-order valence-electron chi connectivity index (χ0n) is 10.4. The van der Waals surface area contributed by atoms with Crippen LogP contribution in [0.3, 0.4) is 0 Å². The average molecular weight is 292 g/mol. The second kappa shape index (κ2) is 7.34. The molecule has 0 aliphatic heterocycles. The van der Waals surface area contributed by atoms with Gasteiger partial charge in [-0.3, -0.25) is 9.59 Å². The first-order valence-electron chi connectivity index (χ1n) is 5.78. The molecule has 0 unspecified atom stereocenters. The first kappa shape index (κ1) is 14.1. The van der Waals surface area contributed by atoms with Crippen LogP contribution in [0, 0.1) is 0 Å². The Morgan fingerprint density at radius 3 is 2.75 bits per heavy atom. The summed E-state index contributed by atoms with van der Waals surface area (Å²) in [6.07, 6.45) is 1.33. The maximum atomic E-state index is 11.5. The molecule has 1 amide bonds. The first-order chi connectivity index (χ1) is 9.74. The van der Waals surface area contributed by atoms with Crippen molar-refractivity contribution in [3.63, 3.8) is 0 Å². The number of anilines is 1. The van der Waals surface area contributed by atoms with Gasteiger partial charge in [0.15, 0.2) is 12.4 Å². The van der Waals surface area contributed by atoms with Crippen molar-refractivity contribution in [2.45, 2.75) is 4.90 Å². The predicted octanol–water partition coefficient (Wildman–Crippen LogP) is 1.95. The molecular weight excluding hydrogens is 280 g/mol. The topological polar surface area (TPSA) is 81.4 Å². The molecule has 2 rings (SSSR count). The lowest BCUT2D eigenvalue weighted by atomic mass is 10.4. The number of esters is 1. The smallest absolute Gasteiger partial charge is 0.316 e. The van der Waals surface area contributed by atoms with Crippen LogP contribution < -0.4 is 5.32 Å². The second-order valence-electron chi connectivity index (χ2n) is 3.70. The van der Waals surface area contributed by atoms with Crippen LogP contribution >= 0.6 is 11.8 Å². The Labute approximate surface area is 119 Å². The summed E-state index contributed by atoms with van der Waals surface area (Å²) in [6, 6.07) is 11.0. The second-order valence-corrected chi connectivity index (χ2v) is 4.74. The predicted molar refractivity (Wildman–Crippen MR) is 73.3 cm³/mol. The van der Waals surface area contributed by atoms with Gasteiger partial charge in [0.2, 0.25) is 0 Å². The van der Waals surface area contributed by atoms with Crippen molar-refractivity contribution in [1.29, 1.82) is 0 Å². The van der Waals surface area contributed by atoms with E-state index in [0.29, 0.717) is 0 Å². The number of nitrogens with zero attached hydrogens (tertiary/aromatic N) is 1. The van der Waals surface area contributed by atoms with Gasteiger partial charge in [-0.1, -0.05) is 23.4 Å². The van der Waals surface area contributed by atoms with Crippen molar-refractivity contribution in [1.82, 2.24) is 5.16 Å². The summed E-state index contributed by atoms with van der Waals surface area (Å²) in [5, 5.41) is 5.93. The number of thioether (sulfide) groups is 1. The largest absolute Gasteiger partial charge is 0.455 e. The highest BCUT2D eigenvalue weighted by molar-refractivity contribution is 8.00. The summed E-state index contributed by atoms with van der Waals surface area (Å²) >= 11 is 1.35. The van der Waals surface area contributed by atoms with E-state index in [2.05, 4.69) is 15.0 Å². The third kappa shape index (κ3) is 4.77. The zero-order chi connectivity index (χ0) is 14.2. The number of rotatable bonds is 6. The molecule has 6 nitrogen and oxygen atoms in total. The lowest BCUT2D eigenvalue weighted by Gasteiger charge is -2.04. The number of carbonyl (C=O) groups is 2. The van der Waals surface area contributed by atoms with Gasteiger partial charge >= 0.3 is 5.97 Å². The van der Waals surface area contributed by atoms with Crippen LogP contribution in [0.15, 0.2) is 52.1 Å². The quantitative estimate of drug-likeness (QED) is 0.647. The molecule has 1 heterocycles. The Hall–Kier alpha value is -2.28. The van der Waals surface area contributed by atoms with Crippen LogP contribution in [0.1, 0.15) is 0 Å². The molecule has 0 atom stereocenters. The fraction of sp³-hybridized carbons (Fsp3) is 0.154. The van der Waals surface area contributed by atoms with Crippen molar-refractivity contribution >= 4 is 29.5 Å². The number of hydrogen-bond acceptors (Lipinski definition) is 6. The molecule has 2 aromatic rings. The summed E-state index contributed by atoms with van der Waals surface area (Å²) in [6.45, 7) is -0.346. The van der Waals surface area contributed by atoms with Crippen LogP contribution in [0.2, 0.25) is 0 Å². The van der Waals surface area contributed by atoms with Crippen molar-refractivity contribution in [2.24, 2.45) is 0 Å². The molecule has 0 bridgehead atoms. The summed E-state index contributed by atoms with van der Waals surface area (Å²) in [5.74, 6) is -0.475. The van der Waals surface area contributed by atoms with Gasteiger partial charge in [-0.15, -0.1) is 11.8 Å². The van der Waals surface area contributed by atoms with Gasteiger partial charge in [-0.05, 0) is 12.1 Å². The maximum Gasteiger partial charge on any atom is 0.316 e. The van der Waals surface area contributed by atoms with Crippen molar-refractivity contribution in [3.05, 3.63) is 42.7 Å². The molecule has 7 heteroatoms. The molecule has 0 saturated heterocycles.